The first-order valence-corrected chi connectivity index (χ1v) is 15.5. The number of hydrogen-bond acceptors (Lipinski definition) is 7. The van der Waals surface area contributed by atoms with E-state index >= 15 is 0 Å². The van der Waals surface area contributed by atoms with Gasteiger partial charge in [0, 0.05) is 32.2 Å². The first-order chi connectivity index (χ1) is 20.2. The molecule has 218 valence electrons. The smallest absolute Gasteiger partial charge is 0.296 e. The number of amides is 1. The van der Waals surface area contributed by atoms with Gasteiger partial charge in [-0.15, -0.1) is 0 Å². The van der Waals surface area contributed by atoms with Crippen molar-refractivity contribution in [2.75, 3.05) is 22.9 Å². The summed E-state index contributed by atoms with van der Waals surface area (Å²) in [7, 11) is 1.78. The Balaban J connectivity index is 1.66. The molecule has 0 radical (unpaired) electrons. The van der Waals surface area contributed by atoms with Gasteiger partial charge in [0.2, 0.25) is 0 Å². The zero-order valence-electron chi connectivity index (χ0n) is 24.3. The molecule has 4 heterocycles. The van der Waals surface area contributed by atoms with Gasteiger partial charge in [-0.1, -0.05) is 55.5 Å². The highest BCUT2D eigenvalue weighted by atomic mass is 32.2. The summed E-state index contributed by atoms with van der Waals surface area (Å²) in [5, 5.41) is 9.97. The van der Waals surface area contributed by atoms with E-state index in [-0.39, 0.29) is 26.7 Å². The van der Waals surface area contributed by atoms with E-state index in [2.05, 4.69) is 17.9 Å². The lowest BCUT2D eigenvalue weighted by Gasteiger charge is -2.33. The Morgan fingerprint density at radius 1 is 1.05 bits per heavy atom. The van der Waals surface area contributed by atoms with Crippen LogP contribution in [0.25, 0.3) is 11.8 Å². The van der Waals surface area contributed by atoms with E-state index in [1.54, 1.807) is 36.2 Å². The SMILES string of the molecule is CCCCn1c(N2CCCCC2)c(C=C2SC(=S)N(c3c(C)n(C)n(-c4ccccc4)c3=O)C2=O)c(C)c(C#N)c1=O. The summed E-state index contributed by atoms with van der Waals surface area (Å²) < 4.78 is 5.21. The van der Waals surface area contributed by atoms with Crippen LogP contribution in [0.3, 0.4) is 0 Å². The Morgan fingerprint density at radius 2 is 1.74 bits per heavy atom. The van der Waals surface area contributed by atoms with Crippen molar-refractivity contribution in [2.24, 2.45) is 7.05 Å². The van der Waals surface area contributed by atoms with E-state index in [0.29, 0.717) is 34.0 Å². The van der Waals surface area contributed by atoms with Crippen LogP contribution in [-0.4, -0.2) is 37.2 Å². The summed E-state index contributed by atoms with van der Waals surface area (Å²) in [6.07, 6.45) is 6.57. The normalized spacial score (nSPS) is 16.5. The number of carbonyl (C=O) groups is 1. The first-order valence-electron chi connectivity index (χ1n) is 14.3. The summed E-state index contributed by atoms with van der Waals surface area (Å²) >= 11 is 6.80. The summed E-state index contributed by atoms with van der Waals surface area (Å²) in [5.41, 5.74) is 2.16. The van der Waals surface area contributed by atoms with Crippen LogP contribution in [-0.2, 0) is 18.4 Å². The third-order valence-electron chi connectivity index (χ3n) is 8.05. The standard InChI is InChI=1S/C31H34N6O3S2/c1-5-6-17-35-27(34-15-11-8-12-16-34)23(20(2)24(19-32)28(35)38)18-25-29(39)36(31(41)42-25)26-21(3)33(4)37(30(26)40)22-13-9-7-10-14-22/h7,9-10,13-14,18H,5-6,8,11-12,15-17H2,1-4H3. The van der Waals surface area contributed by atoms with Crippen molar-refractivity contribution in [3.63, 3.8) is 0 Å². The molecule has 0 unspecified atom stereocenters. The first kappa shape index (κ1) is 29.6. The van der Waals surface area contributed by atoms with Crippen LogP contribution in [0, 0.1) is 25.2 Å². The molecule has 1 aromatic carbocycles. The average molecular weight is 603 g/mol. The van der Waals surface area contributed by atoms with Gasteiger partial charge in [0.15, 0.2) is 4.32 Å². The van der Waals surface area contributed by atoms with Gasteiger partial charge in [-0.25, -0.2) is 4.68 Å². The Kier molecular flexibility index (Phi) is 8.57. The van der Waals surface area contributed by atoms with Crippen LogP contribution < -0.4 is 20.9 Å². The number of thiocarbonyl (C=S) groups is 1. The number of para-hydroxylation sites is 1. The molecule has 42 heavy (non-hydrogen) atoms. The van der Waals surface area contributed by atoms with Gasteiger partial charge >= 0.3 is 0 Å². The Bertz CT molecular complexity index is 1750. The van der Waals surface area contributed by atoms with Crippen molar-refractivity contribution in [3.8, 4) is 11.8 Å². The number of hydrogen-bond donors (Lipinski definition) is 0. The number of piperidine rings is 1. The van der Waals surface area contributed by atoms with Crippen LogP contribution >= 0.6 is 24.0 Å². The molecule has 0 N–H and O–H groups in total. The molecule has 1 amide bonds. The number of anilines is 2. The van der Waals surface area contributed by atoms with E-state index in [4.69, 9.17) is 12.2 Å². The number of nitrogens with zero attached hydrogens (tertiary/aromatic N) is 6. The van der Waals surface area contributed by atoms with Crippen molar-refractivity contribution in [2.45, 2.75) is 59.4 Å². The minimum absolute atomic E-state index is 0.0817. The van der Waals surface area contributed by atoms with Crippen LogP contribution in [0.2, 0.25) is 0 Å². The summed E-state index contributed by atoms with van der Waals surface area (Å²) in [4.78, 5) is 45.1. The number of unbranched alkanes of at least 4 members (excludes halogenated alkanes) is 1. The molecular weight excluding hydrogens is 569 g/mol. The van der Waals surface area contributed by atoms with E-state index in [1.165, 1.54) is 9.58 Å². The number of rotatable bonds is 7. The zero-order valence-corrected chi connectivity index (χ0v) is 26.0. The Hall–Kier alpha value is -3.88. The van der Waals surface area contributed by atoms with E-state index in [0.717, 1.165) is 62.8 Å². The minimum atomic E-state index is -0.398. The fourth-order valence-electron chi connectivity index (χ4n) is 5.72. The molecule has 2 aliphatic heterocycles. The number of thioether (sulfide) groups is 1. The molecule has 5 rings (SSSR count). The molecule has 2 aromatic heterocycles. The van der Waals surface area contributed by atoms with Crippen molar-refractivity contribution < 1.29 is 4.79 Å². The van der Waals surface area contributed by atoms with Crippen molar-refractivity contribution >= 4 is 51.8 Å². The van der Waals surface area contributed by atoms with Crippen LogP contribution in [0.1, 0.15) is 61.4 Å². The molecule has 2 fully saturated rings. The minimum Gasteiger partial charge on any atom is -0.357 e. The topological polar surface area (TPSA) is 96.3 Å². The predicted molar refractivity (Wildman–Crippen MR) is 173 cm³/mol. The molecule has 0 bridgehead atoms. The second-order valence-electron chi connectivity index (χ2n) is 10.6. The number of carbonyl (C=O) groups excluding carboxylic acids is 1. The fourth-order valence-corrected chi connectivity index (χ4v) is 6.97. The number of benzene rings is 1. The van der Waals surface area contributed by atoms with Crippen LogP contribution in [0.5, 0.6) is 0 Å². The predicted octanol–water partition coefficient (Wildman–Crippen LogP) is 5.02. The van der Waals surface area contributed by atoms with Crippen molar-refractivity contribution in [1.82, 2.24) is 13.9 Å². The Morgan fingerprint density at radius 3 is 2.38 bits per heavy atom. The van der Waals surface area contributed by atoms with Gasteiger partial charge in [-0.05, 0) is 63.3 Å². The van der Waals surface area contributed by atoms with Crippen LogP contribution in [0.15, 0.2) is 44.8 Å². The third kappa shape index (κ3) is 5.03. The lowest BCUT2D eigenvalue weighted by atomic mass is 10.0. The molecule has 2 saturated heterocycles. The van der Waals surface area contributed by atoms with Gasteiger partial charge in [-0.3, -0.25) is 28.5 Å². The molecule has 9 nitrogen and oxygen atoms in total. The van der Waals surface area contributed by atoms with Crippen molar-refractivity contribution in [1.29, 1.82) is 5.26 Å². The maximum Gasteiger partial charge on any atom is 0.296 e. The van der Waals surface area contributed by atoms with Gasteiger partial charge in [0.1, 0.15) is 23.1 Å². The summed E-state index contributed by atoms with van der Waals surface area (Å²) in [5.74, 6) is 0.349. The maximum absolute atomic E-state index is 14.0. The number of nitriles is 1. The van der Waals surface area contributed by atoms with Gasteiger partial charge in [0.05, 0.1) is 16.3 Å². The summed E-state index contributed by atoms with van der Waals surface area (Å²) in [6, 6.07) is 11.4. The van der Waals surface area contributed by atoms with E-state index in [1.807, 2.05) is 30.3 Å². The van der Waals surface area contributed by atoms with Gasteiger partial charge in [0.25, 0.3) is 17.0 Å². The molecule has 3 aromatic rings. The molecule has 11 heteroatoms. The highest BCUT2D eigenvalue weighted by Gasteiger charge is 2.38. The van der Waals surface area contributed by atoms with Gasteiger partial charge in [-0.2, -0.15) is 5.26 Å². The Labute approximate surface area is 254 Å². The molecular formula is C31H34N6O3S2. The van der Waals surface area contributed by atoms with E-state index < -0.39 is 5.91 Å². The lowest BCUT2D eigenvalue weighted by Crippen LogP contribution is -2.37. The lowest BCUT2D eigenvalue weighted by molar-refractivity contribution is -0.113. The summed E-state index contributed by atoms with van der Waals surface area (Å²) in [6.45, 7) is 7.69. The maximum atomic E-state index is 14.0. The molecule has 2 aliphatic rings. The van der Waals surface area contributed by atoms with Gasteiger partial charge < -0.3 is 4.90 Å². The quantitative estimate of drug-likeness (QED) is 0.277. The molecule has 0 saturated carbocycles. The van der Waals surface area contributed by atoms with E-state index in [9.17, 15) is 19.6 Å². The molecule has 0 spiro atoms. The fraction of sp³-hybridized carbons (Fsp3) is 0.387. The molecule has 0 aliphatic carbocycles. The zero-order chi connectivity index (χ0) is 30.1. The van der Waals surface area contributed by atoms with Crippen molar-refractivity contribution in [3.05, 3.63) is 78.3 Å². The van der Waals surface area contributed by atoms with Crippen LogP contribution in [0.4, 0.5) is 11.5 Å². The largest absolute Gasteiger partial charge is 0.357 e. The monoisotopic (exact) mass is 602 g/mol. The number of aromatic nitrogens is 3. The third-order valence-corrected chi connectivity index (χ3v) is 9.36. The average Bonchev–Trinajstić information content (AvgIpc) is 3.38. The second-order valence-corrected chi connectivity index (χ2v) is 12.3. The highest BCUT2D eigenvalue weighted by molar-refractivity contribution is 8.27. The highest BCUT2D eigenvalue weighted by Crippen LogP contribution is 2.39. The molecule has 0 atom stereocenters. The second kappa shape index (κ2) is 12.2. The number of pyridine rings is 1.